The van der Waals surface area contributed by atoms with E-state index < -0.39 is 0 Å². The molecule has 0 unspecified atom stereocenters. The highest BCUT2D eigenvalue weighted by Gasteiger charge is 1.98. The van der Waals surface area contributed by atoms with Gasteiger partial charge in [0, 0.05) is 0 Å². The number of nitrogens with one attached hydrogen (secondary N) is 1. The summed E-state index contributed by atoms with van der Waals surface area (Å²) in [5.74, 6) is 0.798. The molecule has 0 saturated heterocycles. The van der Waals surface area contributed by atoms with Crippen molar-refractivity contribution in [3.05, 3.63) is 71.1 Å². The molecule has 0 radical (unpaired) electrons. The molecular weight excluding hydrogens is 284 g/mol. The van der Waals surface area contributed by atoms with Crippen molar-refractivity contribution in [3.8, 4) is 12.1 Å². The van der Waals surface area contributed by atoms with Gasteiger partial charge >= 0.3 is 0 Å². The zero-order chi connectivity index (χ0) is 16.1. The molecule has 4 nitrogen and oxygen atoms in total. The number of aromatic nitrogens is 2. The molecule has 23 heavy (non-hydrogen) atoms. The Hall–Kier alpha value is -3.63. The summed E-state index contributed by atoms with van der Waals surface area (Å²) in [5.41, 5.74) is 3.87. The van der Waals surface area contributed by atoms with E-state index in [1.54, 1.807) is 6.08 Å². The van der Waals surface area contributed by atoms with Crippen molar-refractivity contribution in [3.63, 3.8) is 0 Å². The van der Waals surface area contributed by atoms with Crippen LogP contribution >= 0.6 is 0 Å². The van der Waals surface area contributed by atoms with E-state index in [4.69, 9.17) is 10.5 Å². The number of para-hydroxylation sites is 2. The van der Waals surface area contributed by atoms with E-state index in [0.29, 0.717) is 0 Å². The lowest BCUT2D eigenvalue weighted by Gasteiger charge is -1.95. The summed E-state index contributed by atoms with van der Waals surface area (Å²) in [7, 11) is 0. The highest BCUT2D eigenvalue weighted by molar-refractivity contribution is 5.78. The van der Waals surface area contributed by atoms with E-state index in [-0.39, 0.29) is 5.57 Å². The van der Waals surface area contributed by atoms with Gasteiger partial charge in [-0.2, -0.15) is 10.5 Å². The minimum Gasteiger partial charge on any atom is -0.338 e. The molecule has 1 aromatic heterocycles. The smallest absolute Gasteiger partial charge is 0.131 e. The number of aromatic amines is 1. The number of nitriles is 2. The Bertz CT molecular complexity index is 928. The fraction of sp³-hybridized carbons (Fsp3) is 0. The van der Waals surface area contributed by atoms with Crippen LogP contribution in [0.2, 0.25) is 0 Å². The predicted octanol–water partition coefficient (Wildman–Crippen LogP) is 4.16. The van der Waals surface area contributed by atoms with E-state index >= 15 is 0 Å². The lowest BCUT2D eigenvalue weighted by Crippen LogP contribution is -1.78. The zero-order valence-electron chi connectivity index (χ0n) is 12.2. The topological polar surface area (TPSA) is 76.3 Å². The molecule has 0 saturated carbocycles. The maximum absolute atomic E-state index is 8.75. The summed E-state index contributed by atoms with van der Waals surface area (Å²) in [4.78, 5) is 7.72. The van der Waals surface area contributed by atoms with Crippen LogP contribution < -0.4 is 0 Å². The number of hydrogen-bond acceptors (Lipinski definition) is 3. The number of rotatable bonds is 3. The number of H-pyrrole nitrogens is 1. The van der Waals surface area contributed by atoms with Crippen LogP contribution in [0, 0.1) is 22.7 Å². The lowest BCUT2D eigenvalue weighted by atomic mass is 10.1. The Labute approximate surface area is 133 Å². The second kappa shape index (κ2) is 6.43. The molecule has 0 aliphatic rings. The van der Waals surface area contributed by atoms with Gasteiger partial charge < -0.3 is 4.98 Å². The Balaban J connectivity index is 1.79. The average molecular weight is 296 g/mol. The van der Waals surface area contributed by atoms with Crippen LogP contribution in [0.25, 0.3) is 29.3 Å². The molecule has 0 atom stereocenters. The number of fused-ring (bicyclic) bond motifs is 1. The molecule has 0 spiro atoms. The Kier molecular flexibility index (Phi) is 4.00. The Morgan fingerprint density at radius 1 is 0.913 bits per heavy atom. The molecule has 3 aromatic rings. The molecule has 0 amide bonds. The van der Waals surface area contributed by atoms with E-state index in [2.05, 4.69) is 9.97 Å². The summed E-state index contributed by atoms with van der Waals surface area (Å²) in [6.45, 7) is 0. The minimum absolute atomic E-state index is 0.0931. The van der Waals surface area contributed by atoms with Gasteiger partial charge in [0.15, 0.2) is 0 Å². The van der Waals surface area contributed by atoms with Crippen molar-refractivity contribution in [2.75, 3.05) is 0 Å². The molecule has 0 fully saturated rings. The van der Waals surface area contributed by atoms with Gasteiger partial charge in [-0.3, -0.25) is 0 Å². The predicted molar refractivity (Wildman–Crippen MR) is 90.7 cm³/mol. The van der Waals surface area contributed by atoms with Crippen LogP contribution in [0.3, 0.4) is 0 Å². The first-order chi connectivity index (χ1) is 11.3. The summed E-state index contributed by atoms with van der Waals surface area (Å²) in [6, 6.07) is 19.2. The van der Waals surface area contributed by atoms with Crippen LogP contribution in [0.5, 0.6) is 0 Å². The van der Waals surface area contributed by atoms with Gasteiger partial charge in [-0.1, -0.05) is 42.5 Å². The molecule has 0 aliphatic heterocycles. The van der Waals surface area contributed by atoms with Crippen molar-refractivity contribution in [2.45, 2.75) is 0 Å². The number of hydrogen-bond donors (Lipinski definition) is 1. The van der Waals surface area contributed by atoms with Gasteiger partial charge in [0.1, 0.15) is 23.5 Å². The molecule has 4 heteroatoms. The van der Waals surface area contributed by atoms with Crippen molar-refractivity contribution < 1.29 is 0 Å². The standard InChI is InChI=1S/C19H12N4/c20-12-16(13-21)11-15-7-5-14(6-8-15)9-10-19-22-17-3-1-2-4-18(17)23-19/h1-11H,(H,22,23)/b10-9+. The Morgan fingerprint density at radius 2 is 1.61 bits per heavy atom. The van der Waals surface area contributed by atoms with Crippen molar-refractivity contribution in [1.29, 1.82) is 10.5 Å². The summed E-state index contributed by atoms with van der Waals surface area (Å²) < 4.78 is 0. The van der Waals surface area contributed by atoms with Crippen molar-refractivity contribution in [1.82, 2.24) is 9.97 Å². The Morgan fingerprint density at radius 3 is 2.30 bits per heavy atom. The van der Waals surface area contributed by atoms with Gasteiger partial charge in [-0.25, -0.2) is 4.98 Å². The van der Waals surface area contributed by atoms with E-state index in [1.165, 1.54) is 0 Å². The maximum Gasteiger partial charge on any atom is 0.131 e. The second-order valence-electron chi connectivity index (χ2n) is 4.92. The van der Waals surface area contributed by atoms with E-state index in [1.807, 2.05) is 72.8 Å². The largest absolute Gasteiger partial charge is 0.338 e. The average Bonchev–Trinajstić information content (AvgIpc) is 3.02. The van der Waals surface area contributed by atoms with Crippen LogP contribution in [-0.4, -0.2) is 9.97 Å². The lowest BCUT2D eigenvalue weighted by molar-refractivity contribution is 1.29. The van der Waals surface area contributed by atoms with E-state index in [9.17, 15) is 0 Å². The third kappa shape index (κ3) is 3.34. The fourth-order valence-electron chi connectivity index (χ4n) is 2.19. The van der Waals surface area contributed by atoms with Crippen LogP contribution in [0.1, 0.15) is 17.0 Å². The third-order valence-corrected chi connectivity index (χ3v) is 3.33. The van der Waals surface area contributed by atoms with Gasteiger partial charge in [0.05, 0.1) is 11.0 Å². The van der Waals surface area contributed by atoms with Crippen LogP contribution in [0.4, 0.5) is 0 Å². The number of imidazole rings is 1. The van der Waals surface area contributed by atoms with Crippen molar-refractivity contribution in [2.24, 2.45) is 0 Å². The molecule has 1 heterocycles. The van der Waals surface area contributed by atoms with Gasteiger partial charge in [-0.15, -0.1) is 0 Å². The number of allylic oxidation sites excluding steroid dienone is 1. The molecular formula is C19H12N4. The highest BCUT2D eigenvalue weighted by Crippen LogP contribution is 2.14. The first-order valence-corrected chi connectivity index (χ1v) is 7.03. The SMILES string of the molecule is N#CC(C#N)=Cc1ccc(/C=C/c2nc3ccccc3[nH]2)cc1. The molecule has 2 aromatic carbocycles. The quantitative estimate of drug-likeness (QED) is 0.737. The van der Waals surface area contributed by atoms with E-state index in [0.717, 1.165) is 28.0 Å². The molecule has 3 rings (SSSR count). The molecule has 1 N–H and O–H groups in total. The summed E-state index contributed by atoms with van der Waals surface area (Å²) in [5, 5.41) is 17.5. The van der Waals surface area contributed by atoms with Crippen LogP contribution in [-0.2, 0) is 0 Å². The maximum atomic E-state index is 8.75. The molecule has 108 valence electrons. The van der Waals surface area contributed by atoms with Gasteiger partial charge in [-0.05, 0) is 35.4 Å². The first kappa shape index (κ1) is 14.3. The second-order valence-corrected chi connectivity index (χ2v) is 4.92. The minimum atomic E-state index is 0.0931. The summed E-state index contributed by atoms with van der Waals surface area (Å²) >= 11 is 0. The highest BCUT2D eigenvalue weighted by atomic mass is 14.9. The molecule has 0 aliphatic carbocycles. The van der Waals surface area contributed by atoms with Crippen molar-refractivity contribution >= 4 is 29.3 Å². The zero-order valence-corrected chi connectivity index (χ0v) is 12.2. The molecule has 0 bridgehead atoms. The first-order valence-electron chi connectivity index (χ1n) is 7.03. The third-order valence-electron chi connectivity index (χ3n) is 3.33. The van der Waals surface area contributed by atoms with Gasteiger partial charge in [0.2, 0.25) is 0 Å². The normalized spacial score (nSPS) is 10.3. The van der Waals surface area contributed by atoms with Gasteiger partial charge in [0.25, 0.3) is 0 Å². The number of benzene rings is 2. The van der Waals surface area contributed by atoms with Crippen LogP contribution in [0.15, 0.2) is 54.1 Å². The number of nitrogens with zero attached hydrogens (tertiary/aromatic N) is 3. The monoisotopic (exact) mass is 296 g/mol. The summed E-state index contributed by atoms with van der Waals surface area (Å²) in [6.07, 6.45) is 5.44. The fourth-order valence-corrected chi connectivity index (χ4v) is 2.19.